The van der Waals surface area contributed by atoms with Crippen LogP contribution in [0.5, 0.6) is 11.5 Å². The van der Waals surface area contributed by atoms with E-state index in [0.29, 0.717) is 17.6 Å². The molecule has 2 fully saturated rings. The molecule has 7 nitrogen and oxygen atoms in total. The molecule has 0 spiro atoms. The van der Waals surface area contributed by atoms with Crippen LogP contribution in [0.25, 0.3) is 6.08 Å². The van der Waals surface area contributed by atoms with Gasteiger partial charge in [0.2, 0.25) is 11.8 Å². The number of ether oxygens (including phenoxy) is 2. The number of anilines is 1. The zero-order chi connectivity index (χ0) is 29.2. The molecule has 11 heteroatoms. The van der Waals surface area contributed by atoms with Gasteiger partial charge in [0.15, 0.2) is 17.3 Å². The standard InChI is InChI=1S/C30H22ClF3N2O5/c1-40-21-10-7-16(13-22(21)41-2)27(37)26-24-23(25-18-6-4-3-5-15(18)11-12-35(25)26)28(38)36(29(24)39)17-8-9-20(31)19(14-17)30(32,33)34/h3-14,23-26H,1-2H3/t23-,24+,25+,26+/m0/s1. The van der Waals surface area contributed by atoms with Crippen LogP contribution in [0.15, 0.2) is 66.9 Å². The molecule has 41 heavy (non-hydrogen) atoms. The van der Waals surface area contributed by atoms with Gasteiger partial charge in [0.05, 0.1) is 48.4 Å². The summed E-state index contributed by atoms with van der Waals surface area (Å²) in [4.78, 5) is 44.6. The molecule has 0 bridgehead atoms. The van der Waals surface area contributed by atoms with Gasteiger partial charge in [-0.3, -0.25) is 14.4 Å². The third-order valence-corrected chi connectivity index (χ3v) is 8.24. The second kappa shape index (κ2) is 9.66. The summed E-state index contributed by atoms with van der Waals surface area (Å²) in [6, 6.07) is 13.0. The summed E-state index contributed by atoms with van der Waals surface area (Å²) in [5, 5.41) is -0.556. The first-order chi connectivity index (χ1) is 19.6. The molecule has 210 valence electrons. The molecule has 0 unspecified atom stereocenters. The SMILES string of the molecule is COc1ccc(C(=O)[C@H]2[C@@H]3C(=O)N(c4ccc(Cl)c(C(F)(F)F)c4)C(=O)[C@@H]3[C@H]3c4ccccc4C=CN32)cc1OC. The van der Waals surface area contributed by atoms with Crippen molar-refractivity contribution in [3.8, 4) is 11.5 Å². The smallest absolute Gasteiger partial charge is 0.417 e. The lowest BCUT2D eigenvalue weighted by atomic mass is 9.83. The van der Waals surface area contributed by atoms with E-state index in [2.05, 4.69) is 0 Å². The van der Waals surface area contributed by atoms with Crippen LogP contribution >= 0.6 is 11.6 Å². The molecule has 3 heterocycles. The highest BCUT2D eigenvalue weighted by Gasteiger charge is 2.64. The first-order valence-corrected chi connectivity index (χ1v) is 13.0. The maximum Gasteiger partial charge on any atom is 0.417 e. The summed E-state index contributed by atoms with van der Waals surface area (Å²) < 4.78 is 51.6. The van der Waals surface area contributed by atoms with E-state index in [0.717, 1.165) is 22.1 Å². The minimum absolute atomic E-state index is 0.226. The molecule has 3 aliphatic rings. The molecule has 4 atom stereocenters. The van der Waals surface area contributed by atoms with Gasteiger partial charge in [-0.25, -0.2) is 4.90 Å². The van der Waals surface area contributed by atoms with E-state index in [4.69, 9.17) is 21.1 Å². The Hall–Kier alpha value is -4.31. The lowest BCUT2D eigenvalue weighted by Gasteiger charge is -2.35. The van der Waals surface area contributed by atoms with Crippen LogP contribution in [-0.4, -0.2) is 42.8 Å². The Morgan fingerprint density at radius 2 is 1.61 bits per heavy atom. The quantitative estimate of drug-likeness (QED) is 0.281. The normalized spacial score (nSPS) is 22.9. The van der Waals surface area contributed by atoms with E-state index in [9.17, 15) is 27.6 Å². The van der Waals surface area contributed by atoms with Crippen LogP contribution in [0.3, 0.4) is 0 Å². The van der Waals surface area contributed by atoms with Gasteiger partial charge in [-0.15, -0.1) is 0 Å². The fourth-order valence-corrected chi connectivity index (χ4v) is 6.37. The number of nitrogens with zero attached hydrogens (tertiary/aromatic N) is 2. The number of Topliss-reactive ketones (excluding diaryl/α,β-unsaturated/α-hetero) is 1. The summed E-state index contributed by atoms with van der Waals surface area (Å²) in [5.74, 6) is -3.35. The average molecular weight is 583 g/mol. The predicted molar refractivity (Wildman–Crippen MR) is 144 cm³/mol. The minimum Gasteiger partial charge on any atom is -0.493 e. The summed E-state index contributed by atoms with van der Waals surface area (Å²) >= 11 is 5.80. The summed E-state index contributed by atoms with van der Waals surface area (Å²) in [6.45, 7) is 0. The monoisotopic (exact) mass is 582 g/mol. The second-order valence-electron chi connectivity index (χ2n) is 9.94. The zero-order valence-corrected chi connectivity index (χ0v) is 22.4. The fourth-order valence-electron chi connectivity index (χ4n) is 6.14. The molecule has 3 aromatic rings. The van der Waals surface area contributed by atoms with E-state index < -0.39 is 58.3 Å². The van der Waals surface area contributed by atoms with Crippen molar-refractivity contribution in [3.05, 3.63) is 94.1 Å². The zero-order valence-electron chi connectivity index (χ0n) is 21.7. The maximum absolute atomic E-state index is 14.1. The molecule has 2 saturated heterocycles. The average Bonchev–Trinajstić information content (AvgIpc) is 3.44. The second-order valence-corrected chi connectivity index (χ2v) is 10.3. The summed E-state index contributed by atoms with van der Waals surface area (Å²) in [7, 11) is 2.89. The number of fused-ring (bicyclic) bond motifs is 5. The molecular weight excluding hydrogens is 561 g/mol. The molecule has 0 N–H and O–H groups in total. The Labute approximate surface area is 237 Å². The lowest BCUT2D eigenvalue weighted by molar-refractivity contribution is -0.137. The van der Waals surface area contributed by atoms with Gasteiger partial charge in [-0.05, 0) is 53.6 Å². The molecule has 2 amide bonds. The van der Waals surface area contributed by atoms with Gasteiger partial charge >= 0.3 is 6.18 Å². The molecule has 0 saturated carbocycles. The van der Waals surface area contributed by atoms with Crippen LogP contribution in [0, 0.1) is 11.8 Å². The van der Waals surface area contributed by atoms with Crippen molar-refractivity contribution < 1.29 is 37.0 Å². The molecule has 0 radical (unpaired) electrons. The van der Waals surface area contributed by atoms with Crippen LogP contribution < -0.4 is 14.4 Å². The van der Waals surface area contributed by atoms with E-state index in [1.807, 2.05) is 24.3 Å². The number of halogens is 4. The Morgan fingerprint density at radius 3 is 2.32 bits per heavy atom. The van der Waals surface area contributed by atoms with Crippen LogP contribution in [0.4, 0.5) is 18.9 Å². The Balaban J connectivity index is 1.48. The van der Waals surface area contributed by atoms with Crippen LogP contribution in [-0.2, 0) is 15.8 Å². The number of carbonyl (C=O) groups excluding carboxylic acids is 3. The topological polar surface area (TPSA) is 76.2 Å². The van der Waals surface area contributed by atoms with Crippen molar-refractivity contribution in [1.82, 2.24) is 4.90 Å². The van der Waals surface area contributed by atoms with E-state index in [1.165, 1.54) is 26.4 Å². The molecule has 0 aromatic heterocycles. The van der Waals surface area contributed by atoms with Gasteiger partial charge in [0.25, 0.3) is 0 Å². The molecule has 3 aliphatic heterocycles. The number of hydrogen-bond donors (Lipinski definition) is 0. The molecule has 0 aliphatic carbocycles. The van der Waals surface area contributed by atoms with E-state index in [-0.39, 0.29) is 11.3 Å². The van der Waals surface area contributed by atoms with Crippen LogP contribution in [0.2, 0.25) is 5.02 Å². The van der Waals surface area contributed by atoms with Crippen molar-refractivity contribution in [2.45, 2.75) is 18.3 Å². The number of benzene rings is 3. The van der Waals surface area contributed by atoms with Crippen molar-refractivity contribution >= 4 is 41.0 Å². The van der Waals surface area contributed by atoms with Crippen molar-refractivity contribution in [2.75, 3.05) is 19.1 Å². The number of carbonyl (C=O) groups is 3. The number of hydrogen-bond acceptors (Lipinski definition) is 6. The fraction of sp³-hybridized carbons (Fsp3) is 0.233. The van der Waals surface area contributed by atoms with Gasteiger partial charge in [0, 0.05) is 11.8 Å². The molecule has 6 rings (SSSR count). The van der Waals surface area contributed by atoms with Gasteiger partial charge < -0.3 is 14.4 Å². The first-order valence-electron chi connectivity index (χ1n) is 12.6. The highest BCUT2D eigenvalue weighted by Crippen LogP contribution is 2.54. The van der Waals surface area contributed by atoms with Crippen LogP contribution in [0.1, 0.15) is 33.1 Å². The largest absolute Gasteiger partial charge is 0.493 e. The Kier molecular flexibility index (Phi) is 6.33. The number of imide groups is 1. The predicted octanol–water partition coefficient (Wildman–Crippen LogP) is 5.77. The van der Waals surface area contributed by atoms with E-state index >= 15 is 0 Å². The van der Waals surface area contributed by atoms with Gasteiger partial charge in [-0.1, -0.05) is 35.9 Å². The lowest BCUT2D eigenvalue weighted by Crippen LogP contribution is -2.44. The van der Waals surface area contributed by atoms with Crippen molar-refractivity contribution in [2.24, 2.45) is 11.8 Å². The maximum atomic E-state index is 14.1. The van der Waals surface area contributed by atoms with Crippen molar-refractivity contribution in [1.29, 1.82) is 0 Å². The summed E-state index contributed by atoms with van der Waals surface area (Å²) in [6.07, 6.45) is -1.29. The van der Waals surface area contributed by atoms with Gasteiger partial charge in [-0.2, -0.15) is 13.2 Å². The minimum atomic E-state index is -4.80. The Bertz CT molecular complexity index is 1640. The number of amides is 2. The molecule has 3 aromatic carbocycles. The number of rotatable bonds is 5. The van der Waals surface area contributed by atoms with Crippen molar-refractivity contribution in [3.63, 3.8) is 0 Å². The summed E-state index contributed by atoms with van der Waals surface area (Å²) in [5.41, 5.74) is 0.359. The highest BCUT2D eigenvalue weighted by molar-refractivity contribution is 6.32. The first kappa shape index (κ1) is 26.9. The third-order valence-electron chi connectivity index (χ3n) is 7.91. The third kappa shape index (κ3) is 4.08. The Morgan fingerprint density at radius 1 is 0.902 bits per heavy atom. The van der Waals surface area contributed by atoms with Gasteiger partial charge in [0.1, 0.15) is 6.04 Å². The highest BCUT2D eigenvalue weighted by atomic mass is 35.5. The van der Waals surface area contributed by atoms with E-state index in [1.54, 1.807) is 29.3 Å². The number of alkyl halides is 3. The number of methoxy groups -OCH3 is 2. The molecular formula is C30H22ClF3N2O5. The number of ketones is 1.